The highest BCUT2D eigenvalue weighted by molar-refractivity contribution is 6.00. The Morgan fingerprint density at radius 1 is 1.18 bits per heavy atom. The SMILES string of the molecule is O=C1OC/C=C\CNCc2ccoc2-c2cc(O)cc(O)c21. The van der Waals surface area contributed by atoms with Crippen LogP contribution in [-0.4, -0.2) is 29.3 Å². The molecule has 0 unspecified atom stereocenters. The van der Waals surface area contributed by atoms with Crippen molar-refractivity contribution in [2.45, 2.75) is 6.54 Å². The molecular formula is C16H15NO5. The van der Waals surface area contributed by atoms with E-state index in [4.69, 9.17) is 9.15 Å². The fraction of sp³-hybridized carbons (Fsp3) is 0.188. The molecule has 2 aromatic rings. The normalized spacial score (nSPS) is 16.6. The number of hydrogen-bond donors (Lipinski definition) is 3. The molecule has 1 aliphatic heterocycles. The molecule has 22 heavy (non-hydrogen) atoms. The molecule has 0 saturated carbocycles. The topological polar surface area (TPSA) is 91.9 Å². The van der Waals surface area contributed by atoms with Crippen LogP contribution in [0.15, 0.2) is 41.0 Å². The Labute approximate surface area is 126 Å². The minimum Gasteiger partial charge on any atom is -0.508 e. The molecule has 1 aromatic heterocycles. The van der Waals surface area contributed by atoms with Gasteiger partial charge in [-0.05, 0) is 18.2 Å². The van der Waals surface area contributed by atoms with Gasteiger partial charge < -0.3 is 24.7 Å². The van der Waals surface area contributed by atoms with E-state index < -0.39 is 5.97 Å². The number of ether oxygens (including phenoxy) is 1. The fourth-order valence-electron chi connectivity index (χ4n) is 2.35. The number of aromatic hydroxyl groups is 2. The second-order valence-electron chi connectivity index (χ2n) is 4.86. The molecule has 2 heterocycles. The number of esters is 1. The van der Waals surface area contributed by atoms with Gasteiger partial charge >= 0.3 is 5.97 Å². The van der Waals surface area contributed by atoms with Gasteiger partial charge in [-0.3, -0.25) is 0 Å². The number of rotatable bonds is 0. The van der Waals surface area contributed by atoms with Gasteiger partial charge in [0.2, 0.25) is 0 Å². The highest BCUT2D eigenvalue weighted by atomic mass is 16.5. The van der Waals surface area contributed by atoms with Gasteiger partial charge in [0.05, 0.1) is 6.26 Å². The molecule has 1 aliphatic rings. The summed E-state index contributed by atoms with van der Waals surface area (Å²) in [5.41, 5.74) is 1.09. The largest absolute Gasteiger partial charge is 0.508 e. The van der Waals surface area contributed by atoms with E-state index in [1.165, 1.54) is 12.3 Å². The van der Waals surface area contributed by atoms with E-state index in [2.05, 4.69) is 5.32 Å². The van der Waals surface area contributed by atoms with E-state index in [0.717, 1.165) is 11.6 Å². The highest BCUT2D eigenvalue weighted by Crippen LogP contribution is 2.37. The zero-order valence-electron chi connectivity index (χ0n) is 11.7. The van der Waals surface area contributed by atoms with Crippen molar-refractivity contribution in [1.29, 1.82) is 0 Å². The van der Waals surface area contributed by atoms with Crippen LogP contribution in [0, 0.1) is 0 Å². The number of phenols is 2. The molecular weight excluding hydrogens is 286 g/mol. The first-order valence-corrected chi connectivity index (χ1v) is 6.82. The summed E-state index contributed by atoms with van der Waals surface area (Å²) in [5, 5.41) is 23.0. The number of cyclic esters (lactones) is 1. The average molecular weight is 301 g/mol. The molecule has 6 heteroatoms. The zero-order chi connectivity index (χ0) is 15.5. The van der Waals surface area contributed by atoms with Crippen molar-refractivity contribution in [2.24, 2.45) is 0 Å². The zero-order valence-corrected chi connectivity index (χ0v) is 11.7. The number of benzene rings is 1. The summed E-state index contributed by atoms with van der Waals surface area (Å²) >= 11 is 0. The lowest BCUT2D eigenvalue weighted by Gasteiger charge is -2.12. The van der Waals surface area contributed by atoms with Gasteiger partial charge in [0.1, 0.15) is 29.4 Å². The van der Waals surface area contributed by atoms with E-state index >= 15 is 0 Å². The number of furan rings is 1. The lowest BCUT2D eigenvalue weighted by Crippen LogP contribution is -2.15. The number of phenolic OH excluding ortho intramolecular Hbond substituents is 2. The second kappa shape index (κ2) is 5.95. The molecule has 3 rings (SSSR count). The monoisotopic (exact) mass is 301 g/mol. The summed E-state index contributed by atoms with van der Waals surface area (Å²) in [5.74, 6) is -0.772. The maximum atomic E-state index is 12.2. The van der Waals surface area contributed by atoms with Crippen molar-refractivity contribution >= 4 is 5.97 Å². The first kappa shape index (κ1) is 14.2. The molecule has 1 aromatic carbocycles. The lowest BCUT2D eigenvalue weighted by atomic mass is 10.0. The van der Waals surface area contributed by atoms with Gasteiger partial charge in [-0.25, -0.2) is 4.79 Å². The predicted molar refractivity (Wildman–Crippen MR) is 78.6 cm³/mol. The first-order chi connectivity index (χ1) is 10.7. The average Bonchev–Trinajstić information content (AvgIpc) is 2.92. The van der Waals surface area contributed by atoms with E-state index in [1.54, 1.807) is 12.1 Å². The van der Waals surface area contributed by atoms with Crippen LogP contribution < -0.4 is 5.32 Å². The van der Waals surface area contributed by atoms with Crippen molar-refractivity contribution in [3.8, 4) is 22.8 Å². The molecule has 0 atom stereocenters. The summed E-state index contributed by atoms with van der Waals surface area (Å²) in [4.78, 5) is 12.2. The number of carbonyl (C=O) groups is 1. The maximum absolute atomic E-state index is 12.2. The molecule has 0 amide bonds. The third-order valence-electron chi connectivity index (χ3n) is 3.35. The van der Waals surface area contributed by atoms with Crippen LogP contribution in [0.3, 0.4) is 0 Å². The molecule has 3 N–H and O–H groups in total. The van der Waals surface area contributed by atoms with Crippen LogP contribution in [0.25, 0.3) is 11.3 Å². The Kier molecular flexibility index (Phi) is 3.84. The summed E-state index contributed by atoms with van der Waals surface area (Å²) in [6.45, 7) is 1.26. The van der Waals surface area contributed by atoms with Crippen LogP contribution in [0.1, 0.15) is 15.9 Å². The number of fused-ring (bicyclic) bond motifs is 3. The molecule has 0 aliphatic carbocycles. The summed E-state index contributed by atoms with van der Waals surface area (Å²) in [6.07, 6.45) is 5.07. The molecule has 114 valence electrons. The molecule has 6 nitrogen and oxygen atoms in total. The molecule has 0 radical (unpaired) electrons. The van der Waals surface area contributed by atoms with Gasteiger partial charge in [0.25, 0.3) is 0 Å². The summed E-state index contributed by atoms with van der Waals surface area (Å²) in [6, 6.07) is 4.25. The van der Waals surface area contributed by atoms with E-state index in [9.17, 15) is 15.0 Å². The minimum absolute atomic E-state index is 0.0250. The number of nitrogens with one attached hydrogen (secondary N) is 1. The lowest BCUT2D eigenvalue weighted by molar-refractivity contribution is 0.0546. The molecule has 0 bridgehead atoms. The van der Waals surface area contributed by atoms with Crippen LogP contribution in [0.5, 0.6) is 11.5 Å². The van der Waals surface area contributed by atoms with Crippen molar-refractivity contribution in [3.05, 3.63) is 47.7 Å². The third kappa shape index (κ3) is 2.68. The quantitative estimate of drug-likeness (QED) is 0.510. The Hall–Kier alpha value is -2.73. The second-order valence-corrected chi connectivity index (χ2v) is 4.86. The van der Waals surface area contributed by atoms with Gasteiger partial charge in [-0.15, -0.1) is 0 Å². The molecule has 0 fully saturated rings. The summed E-state index contributed by atoms with van der Waals surface area (Å²) in [7, 11) is 0. The standard InChI is InChI=1S/C16H15NO5/c18-11-7-12-14(13(19)8-11)16(20)22-5-2-1-4-17-9-10-3-6-21-15(10)12/h1-3,6-8,17-19H,4-5,9H2/b2-1-. The van der Waals surface area contributed by atoms with E-state index in [1.807, 2.05) is 6.08 Å². The van der Waals surface area contributed by atoms with Crippen LogP contribution in [-0.2, 0) is 11.3 Å². The Bertz CT molecular complexity index is 732. The van der Waals surface area contributed by atoms with E-state index in [0.29, 0.717) is 24.4 Å². The van der Waals surface area contributed by atoms with Gasteiger partial charge in [0, 0.05) is 30.3 Å². The van der Waals surface area contributed by atoms with Crippen LogP contribution >= 0.6 is 0 Å². The highest BCUT2D eigenvalue weighted by Gasteiger charge is 2.24. The Balaban J connectivity index is 2.18. The van der Waals surface area contributed by atoms with Gasteiger partial charge in [-0.2, -0.15) is 0 Å². The maximum Gasteiger partial charge on any atom is 0.342 e. The van der Waals surface area contributed by atoms with Crippen molar-refractivity contribution in [1.82, 2.24) is 5.32 Å². The fourth-order valence-corrected chi connectivity index (χ4v) is 2.35. The summed E-state index contributed by atoms with van der Waals surface area (Å²) < 4.78 is 10.6. The van der Waals surface area contributed by atoms with Crippen molar-refractivity contribution < 1.29 is 24.2 Å². The Morgan fingerprint density at radius 3 is 2.91 bits per heavy atom. The van der Waals surface area contributed by atoms with Crippen LogP contribution in [0.2, 0.25) is 0 Å². The first-order valence-electron chi connectivity index (χ1n) is 6.82. The minimum atomic E-state index is -0.673. The Morgan fingerprint density at radius 2 is 2.05 bits per heavy atom. The molecule has 0 saturated heterocycles. The van der Waals surface area contributed by atoms with Gasteiger partial charge in [-0.1, -0.05) is 6.08 Å². The van der Waals surface area contributed by atoms with Crippen molar-refractivity contribution in [3.63, 3.8) is 0 Å². The van der Waals surface area contributed by atoms with E-state index in [-0.39, 0.29) is 23.7 Å². The number of hydrogen-bond acceptors (Lipinski definition) is 6. The predicted octanol–water partition coefficient (Wildman–Crippen LogP) is 2.17. The third-order valence-corrected chi connectivity index (χ3v) is 3.35. The van der Waals surface area contributed by atoms with Gasteiger partial charge in [0.15, 0.2) is 0 Å². The smallest absolute Gasteiger partial charge is 0.342 e. The molecule has 0 spiro atoms. The number of carbonyl (C=O) groups excluding carboxylic acids is 1. The van der Waals surface area contributed by atoms with Crippen LogP contribution in [0.4, 0.5) is 0 Å². The van der Waals surface area contributed by atoms with Crippen molar-refractivity contribution in [2.75, 3.05) is 13.2 Å².